The first kappa shape index (κ1) is 15.9. The van der Waals surface area contributed by atoms with Gasteiger partial charge in [-0.25, -0.2) is 0 Å². The minimum absolute atomic E-state index is 0.00877. The highest BCUT2D eigenvalue weighted by Crippen LogP contribution is 2.28. The van der Waals surface area contributed by atoms with Gasteiger partial charge in [-0.1, -0.05) is 6.92 Å². The van der Waals surface area contributed by atoms with Crippen LogP contribution in [-0.4, -0.2) is 25.9 Å². The van der Waals surface area contributed by atoms with Gasteiger partial charge in [0.05, 0.1) is 12.6 Å². The molecule has 1 rings (SSSR count). The Morgan fingerprint density at radius 2 is 2.17 bits per heavy atom. The van der Waals surface area contributed by atoms with E-state index in [1.54, 1.807) is 0 Å². The van der Waals surface area contributed by atoms with Crippen molar-refractivity contribution in [2.24, 2.45) is 0 Å². The molecule has 1 N–H and O–H groups in total. The molecule has 1 heterocycles. The Kier molecular flexibility index (Phi) is 6.62. The van der Waals surface area contributed by atoms with Crippen molar-refractivity contribution >= 4 is 27.3 Å². The van der Waals surface area contributed by atoms with Crippen LogP contribution in [0.15, 0.2) is 15.2 Å². The van der Waals surface area contributed by atoms with Gasteiger partial charge in [0.1, 0.15) is 6.61 Å². The fourth-order valence-electron chi connectivity index (χ4n) is 1.41. The molecule has 0 aliphatic heterocycles. The van der Waals surface area contributed by atoms with Gasteiger partial charge in [0.2, 0.25) is 0 Å². The molecule has 0 radical (unpaired) electrons. The molecule has 0 saturated heterocycles. The van der Waals surface area contributed by atoms with Gasteiger partial charge in [-0.05, 0) is 39.8 Å². The average Bonchev–Trinajstić information content (AvgIpc) is 2.68. The highest BCUT2D eigenvalue weighted by Gasteiger charge is 2.28. The smallest absolute Gasteiger partial charge is 0.370 e. The molecule has 1 aromatic rings. The third-order valence-electron chi connectivity index (χ3n) is 2.21. The van der Waals surface area contributed by atoms with Crippen LogP contribution in [0.5, 0.6) is 0 Å². The second-order valence-corrected chi connectivity index (χ2v) is 5.41. The van der Waals surface area contributed by atoms with Crippen LogP contribution < -0.4 is 5.32 Å². The van der Waals surface area contributed by atoms with Crippen LogP contribution in [0, 0.1) is 0 Å². The summed E-state index contributed by atoms with van der Waals surface area (Å²) in [6.45, 7) is 1.54. The van der Waals surface area contributed by atoms with Gasteiger partial charge in [-0.3, -0.25) is 0 Å². The molecule has 0 fully saturated rings. The van der Waals surface area contributed by atoms with Gasteiger partial charge in [0, 0.05) is 9.85 Å². The lowest BCUT2D eigenvalue weighted by Crippen LogP contribution is -2.28. The first-order valence-corrected chi connectivity index (χ1v) is 7.27. The summed E-state index contributed by atoms with van der Waals surface area (Å²) in [5.41, 5.74) is 0.940. The Bertz CT molecular complexity index is 356. The first-order valence-electron chi connectivity index (χ1n) is 5.53. The lowest BCUT2D eigenvalue weighted by molar-refractivity contribution is -0.175. The lowest BCUT2D eigenvalue weighted by Gasteiger charge is -2.19. The average molecular weight is 346 g/mol. The van der Waals surface area contributed by atoms with E-state index >= 15 is 0 Å². The molecule has 104 valence electrons. The zero-order chi connectivity index (χ0) is 13.6. The molecule has 0 spiro atoms. The maximum Gasteiger partial charge on any atom is 0.411 e. The van der Waals surface area contributed by atoms with Crippen LogP contribution in [0.3, 0.4) is 0 Å². The van der Waals surface area contributed by atoms with Crippen molar-refractivity contribution in [1.29, 1.82) is 0 Å². The molecule has 18 heavy (non-hydrogen) atoms. The van der Waals surface area contributed by atoms with E-state index in [1.165, 1.54) is 11.3 Å². The van der Waals surface area contributed by atoms with Crippen molar-refractivity contribution in [3.8, 4) is 0 Å². The zero-order valence-electron chi connectivity index (χ0n) is 9.89. The summed E-state index contributed by atoms with van der Waals surface area (Å²) in [4.78, 5) is 0. The van der Waals surface area contributed by atoms with Crippen molar-refractivity contribution in [3.05, 3.63) is 20.8 Å². The van der Waals surface area contributed by atoms with E-state index in [-0.39, 0.29) is 12.6 Å². The molecule has 2 nitrogen and oxygen atoms in total. The van der Waals surface area contributed by atoms with E-state index in [0.29, 0.717) is 0 Å². The molecule has 7 heteroatoms. The van der Waals surface area contributed by atoms with Crippen LogP contribution in [-0.2, 0) is 4.74 Å². The Labute approximate surface area is 117 Å². The normalized spacial score (nSPS) is 13.8. The van der Waals surface area contributed by atoms with Crippen LogP contribution in [0.25, 0.3) is 0 Å². The molecule has 0 bridgehead atoms. The van der Waals surface area contributed by atoms with Crippen LogP contribution in [0.2, 0.25) is 0 Å². The van der Waals surface area contributed by atoms with Gasteiger partial charge in [0.15, 0.2) is 0 Å². The Morgan fingerprint density at radius 1 is 1.44 bits per heavy atom. The standard InChI is InChI=1S/C11H15BrF3NOS/c1-2-3-16-10(4-17-7-11(13,14)15)8-5-18-6-9(8)12/h5-6,10,16H,2-4,7H2,1H3. The summed E-state index contributed by atoms with van der Waals surface area (Å²) in [6.07, 6.45) is -3.36. The fourth-order valence-corrected chi connectivity index (χ4v) is 3.04. The number of nitrogens with one attached hydrogen (secondary N) is 1. The maximum atomic E-state index is 12.0. The summed E-state index contributed by atoms with van der Waals surface area (Å²) in [7, 11) is 0. The van der Waals surface area contributed by atoms with E-state index in [0.717, 1.165) is 23.0 Å². The van der Waals surface area contributed by atoms with Crippen LogP contribution >= 0.6 is 27.3 Å². The minimum Gasteiger partial charge on any atom is -0.370 e. The van der Waals surface area contributed by atoms with E-state index in [1.807, 2.05) is 17.7 Å². The molecule has 0 amide bonds. The fraction of sp³-hybridized carbons (Fsp3) is 0.636. The van der Waals surface area contributed by atoms with Gasteiger partial charge < -0.3 is 10.1 Å². The van der Waals surface area contributed by atoms with Crippen LogP contribution in [0.4, 0.5) is 13.2 Å². The third kappa shape index (κ3) is 5.69. The second-order valence-electron chi connectivity index (χ2n) is 3.81. The number of ether oxygens (including phenoxy) is 1. The van der Waals surface area contributed by atoms with Gasteiger partial charge in [0.25, 0.3) is 0 Å². The molecule has 0 aliphatic rings. The van der Waals surface area contributed by atoms with E-state index in [9.17, 15) is 13.2 Å². The monoisotopic (exact) mass is 345 g/mol. The molecule has 0 aliphatic carbocycles. The van der Waals surface area contributed by atoms with Crippen molar-refractivity contribution in [2.75, 3.05) is 19.8 Å². The third-order valence-corrected chi connectivity index (χ3v) is 3.96. The SMILES string of the molecule is CCCNC(COCC(F)(F)F)c1cscc1Br. The van der Waals surface area contributed by atoms with Crippen molar-refractivity contribution in [1.82, 2.24) is 5.32 Å². The van der Waals surface area contributed by atoms with Crippen molar-refractivity contribution in [2.45, 2.75) is 25.6 Å². The lowest BCUT2D eigenvalue weighted by atomic mass is 10.1. The largest absolute Gasteiger partial charge is 0.411 e. The van der Waals surface area contributed by atoms with E-state index in [2.05, 4.69) is 21.2 Å². The van der Waals surface area contributed by atoms with Gasteiger partial charge in [-0.15, -0.1) is 0 Å². The zero-order valence-corrected chi connectivity index (χ0v) is 12.3. The number of hydrogen-bond donors (Lipinski definition) is 1. The summed E-state index contributed by atoms with van der Waals surface area (Å²) in [5.74, 6) is 0. The molecular weight excluding hydrogens is 331 g/mol. The minimum atomic E-state index is -4.28. The molecule has 1 atom stereocenters. The number of halogens is 4. The number of hydrogen-bond acceptors (Lipinski definition) is 3. The van der Waals surface area contributed by atoms with E-state index in [4.69, 9.17) is 4.74 Å². The summed E-state index contributed by atoms with van der Waals surface area (Å²) in [6, 6.07) is -0.215. The van der Waals surface area contributed by atoms with E-state index < -0.39 is 12.8 Å². The summed E-state index contributed by atoms with van der Waals surface area (Å²) < 4.78 is 41.7. The highest BCUT2D eigenvalue weighted by atomic mass is 79.9. The molecular formula is C11H15BrF3NOS. The Balaban J connectivity index is 2.54. The van der Waals surface area contributed by atoms with Gasteiger partial charge in [-0.2, -0.15) is 24.5 Å². The quantitative estimate of drug-likeness (QED) is 0.802. The van der Waals surface area contributed by atoms with Crippen LogP contribution in [0.1, 0.15) is 24.9 Å². The molecule has 1 unspecified atom stereocenters. The topological polar surface area (TPSA) is 21.3 Å². The molecule has 0 saturated carbocycles. The number of alkyl halides is 3. The number of thiophene rings is 1. The van der Waals surface area contributed by atoms with Crippen molar-refractivity contribution in [3.63, 3.8) is 0 Å². The first-order chi connectivity index (χ1) is 8.44. The van der Waals surface area contributed by atoms with Gasteiger partial charge >= 0.3 is 6.18 Å². The Hall–Kier alpha value is -0.110. The molecule has 1 aromatic heterocycles. The highest BCUT2D eigenvalue weighted by molar-refractivity contribution is 9.10. The number of rotatable bonds is 7. The maximum absolute atomic E-state index is 12.0. The summed E-state index contributed by atoms with van der Waals surface area (Å²) >= 11 is 4.89. The Morgan fingerprint density at radius 3 is 2.67 bits per heavy atom. The predicted molar refractivity (Wildman–Crippen MR) is 69.9 cm³/mol. The predicted octanol–water partition coefficient (Wildman–Crippen LogP) is 4.13. The molecule has 0 aromatic carbocycles. The second kappa shape index (κ2) is 7.47. The summed E-state index contributed by atoms with van der Waals surface area (Å²) in [5, 5.41) is 7.00. The van der Waals surface area contributed by atoms with Crippen molar-refractivity contribution < 1.29 is 17.9 Å².